The number of aliphatic hydroxyl groups is 1. The summed E-state index contributed by atoms with van der Waals surface area (Å²) >= 11 is 1.45. The number of hydrogen-bond acceptors (Lipinski definition) is 15. The van der Waals surface area contributed by atoms with Gasteiger partial charge in [0.05, 0.1) is 42.7 Å². The van der Waals surface area contributed by atoms with Gasteiger partial charge in [0.2, 0.25) is 17.7 Å². The maximum Gasteiger partial charge on any atom is 0.413 e. The SMILES string of the molecule is C[C@@H](O)[C@H]1C(=O)N2C(C(=O)O)=C(S[C@@H]3CN[C@H](C(=O)N(C)C)C3)[C@H](C)[C@H]12.O=C1CC2CN(CN2OS(=O)(=O)O)C1C(=O)NNC(=O)[C@@H]1CCNC1. The molecule has 51 heavy (non-hydrogen) atoms. The highest BCUT2D eigenvalue weighted by Crippen LogP contribution is 2.51. The fourth-order valence-corrected chi connectivity index (χ4v) is 9.35. The van der Waals surface area contributed by atoms with E-state index in [1.807, 2.05) is 6.92 Å². The molecule has 22 heteroatoms. The van der Waals surface area contributed by atoms with Gasteiger partial charge in [0.25, 0.3) is 5.91 Å². The van der Waals surface area contributed by atoms with Crippen LogP contribution in [-0.4, -0.2) is 161 Å². The number of aliphatic hydroxyl groups excluding tert-OH is 1. The van der Waals surface area contributed by atoms with Crippen LogP contribution in [0.3, 0.4) is 0 Å². The summed E-state index contributed by atoms with van der Waals surface area (Å²) in [5.41, 5.74) is 4.60. The van der Waals surface area contributed by atoms with Gasteiger partial charge in [0.1, 0.15) is 5.70 Å². The number of amides is 4. The maximum absolute atomic E-state index is 12.3. The Labute approximate surface area is 298 Å². The van der Waals surface area contributed by atoms with Gasteiger partial charge >= 0.3 is 16.4 Å². The van der Waals surface area contributed by atoms with Crippen LogP contribution in [-0.2, 0) is 43.5 Å². The molecule has 284 valence electrons. The number of likely N-dealkylation sites (N-methyl/N-ethyl adjacent to an activating group) is 1. The lowest BCUT2D eigenvalue weighted by Crippen LogP contribution is -2.63. The van der Waals surface area contributed by atoms with Crippen molar-refractivity contribution in [2.45, 2.75) is 68.6 Å². The quantitative estimate of drug-likeness (QED) is 0.0519. The molecule has 6 rings (SSSR count). The molecule has 0 aromatic rings. The molecule has 6 aliphatic rings. The number of carbonyl (C=O) groups is 6. The minimum atomic E-state index is -4.71. The molecule has 3 unspecified atom stereocenters. The fraction of sp³-hybridized carbons (Fsp3) is 0.724. The molecule has 5 fully saturated rings. The zero-order valence-electron chi connectivity index (χ0n) is 28.5. The Kier molecular flexibility index (Phi) is 11.8. The van der Waals surface area contributed by atoms with Gasteiger partial charge in [0.15, 0.2) is 11.8 Å². The van der Waals surface area contributed by atoms with Crippen LogP contribution in [0.4, 0.5) is 0 Å². The molecular weight excluding hydrogens is 716 g/mol. The Balaban J connectivity index is 0.000000198. The number of piperidine rings is 1. The number of thioether (sulfide) groups is 1. The largest absolute Gasteiger partial charge is 0.477 e. The molecule has 0 aromatic carbocycles. The first-order chi connectivity index (χ1) is 23.9. The number of carboxylic acids is 1. The third-order valence-corrected chi connectivity index (χ3v) is 11.8. The van der Waals surface area contributed by atoms with Crippen LogP contribution in [0.25, 0.3) is 0 Å². The van der Waals surface area contributed by atoms with E-state index in [1.54, 1.807) is 25.9 Å². The first-order valence-electron chi connectivity index (χ1n) is 16.5. The first-order valence-corrected chi connectivity index (χ1v) is 18.7. The number of hydroxylamine groups is 2. The molecule has 6 aliphatic heterocycles. The lowest BCUT2D eigenvalue weighted by molar-refractivity contribution is -0.163. The summed E-state index contributed by atoms with van der Waals surface area (Å²) in [4.78, 5) is 77.6. The summed E-state index contributed by atoms with van der Waals surface area (Å²) in [6.07, 6.45) is 0.369. The van der Waals surface area contributed by atoms with E-state index >= 15 is 0 Å². The summed E-state index contributed by atoms with van der Waals surface area (Å²) in [5.74, 6) is -3.83. The molecule has 0 spiro atoms. The third kappa shape index (κ3) is 8.23. The van der Waals surface area contributed by atoms with E-state index in [2.05, 4.69) is 25.8 Å². The smallest absolute Gasteiger partial charge is 0.413 e. The van der Waals surface area contributed by atoms with Crippen molar-refractivity contribution in [2.75, 3.05) is 46.9 Å². The van der Waals surface area contributed by atoms with Crippen LogP contribution >= 0.6 is 11.8 Å². The number of carboxylic acid groups (broad SMARTS) is 1. The van der Waals surface area contributed by atoms with E-state index in [9.17, 15) is 47.4 Å². The molecule has 10 atom stereocenters. The van der Waals surface area contributed by atoms with E-state index in [0.717, 1.165) is 11.6 Å². The number of fused-ring (bicyclic) bond motifs is 3. The van der Waals surface area contributed by atoms with Gasteiger partial charge in [-0.3, -0.25) is 44.3 Å². The van der Waals surface area contributed by atoms with Crippen molar-refractivity contribution in [1.82, 2.24) is 41.2 Å². The van der Waals surface area contributed by atoms with Gasteiger partial charge in [-0.25, -0.2) is 4.79 Å². The fourth-order valence-electron chi connectivity index (χ4n) is 7.46. The average Bonchev–Trinajstić information content (AvgIpc) is 3.83. The summed E-state index contributed by atoms with van der Waals surface area (Å²) in [6, 6.07) is -2.30. The third-order valence-electron chi connectivity index (χ3n) is 9.89. The van der Waals surface area contributed by atoms with Crippen molar-refractivity contribution in [1.29, 1.82) is 0 Å². The van der Waals surface area contributed by atoms with Crippen LogP contribution in [0.1, 0.15) is 33.1 Å². The normalized spacial score (nSPS) is 33.6. The number of ketones is 1. The van der Waals surface area contributed by atoms with Crippen molar-refractivity contribution in [3.05, 3.63) is 10.6 Å². The minimum absolute atomic E-state index is 0.00757. The molecule has 7 N–H and O–H groups in total. The van der Waals surface area contributed by atoms with Crippen molar-refractivity contribution >= 4 is 57.5 Å². The van der Waals surface area contributed by atoms with Gasteiger partial charge in [0, 0.05) is 56.2 Å². The lowest BCUT2D eigenvalue weighted by atomic mass is 9.79. The van der Waals surface area contributed by atoms with Crippen molar-refractivity contribution in [3.63, 3.8) is 0 Å². The number of nitrogens with one attached hydrogen (secondary N) is 4. The first kappa shape index (κ1) is 39.0. The minimum Gasteiger partial charge on any atom is -0.477 e. The van der Waals surface area contributed by atoms with E-state index in [4.69, 9.17) is 4.55 Å². The Morgan fingerprint density at radius 2 is 1.80 bits per heavy atom. The van der Waals surface area contributed by atoms with E-state index < -0.39 is 52.2 Å². The number of hydrogen-bond donors (Lipinski definition) is 7. The van der Waals surface area contributed by atoms with Crippen LogP contribution in [0, 0.1) is 17.8 Å². The van der Waals surface area contributed by atoms with Gasteiger partial charge in [-0.1, -0.05) is 6.92 Å². The number of hydrazine groups is 1. The Morgan fingerprint density at radius 1 is 1.12 bits per heavy atom. The lowest BCUT2D eigenvalue weighted by Gasteiger charge is -2.46. The molecule has 0 aliphatic carbocycles. The number of Topliss-reactive ketones (excluding diaryl/α,β-unsaturated/α-hetero) is 1. The zero-order valence-corrected chi connectivity index (χ0v) is 30.1. The molecule has 4 amide bonds. The molecule has 5 saturated heterocycles. The second-order valence-corrected chi connectivity index (χ2v) is 16.0. The average molecular weight is 761 g/mol. The Hall–Kier alpha value is -3.22. The topological polar surface area (TPSA) is 268 Å². The summed E-state index contributed by atoms with van der Waals surface area (Å²) in [6.45, 7) is 5.41. The molecule has 2 bridgehead atoms. The van der Waals surface area contributed by atoms with Crippen molar-refractivity contribution in [3.8, 4) is 0 Å². The highest BCUT2D eigenvalue weighted by Gasteiger charge is 2.60. The molecule has 20 nitrogen and oxygen atoms in total. The van der Waals surface area contributed by atoms with Gasteiger partial charge in [-0.15, -0.1) is 11.8 Å². The number of β-lactam (4-membered cyclic amide) rings is 1. The second-order valence-electron chi connectivity index (χ2n) is 13.7. The summed E-state index contributed by atoms with van der Waals surface area (Å²) in [5, 5.41) is 26.8. The monoisotopic (exact) mass is 760 g/mol. The Morgan fingerprint density at radius 3 is 2.39 bits per heavy atom. The van der Waals surface area contributed by atoms with Crippen molar-refractivity contribution in [2.24, 2.45) is 17.8 Å². The molecule has 0 aromatic heterocycles. The molecular formula is C29H44N8O12S2. The van der Waals surface area contributed by atoms with Crippen LogP contribution in [0.5, 0.6) is 0 Å². The zero-order chi connectivity index (χ0) is 37.5. The molecule has 0 saturated carbocycles. The van der Waals surface area contributed by atoms with Gasteiger partial charge in [-0.2, -0.15) is 17.8 Å². The number of nitrogens with zero attached hydrogens (tertiary/aromatic N) is 4. The number of carbonyl (C=O) groups excluding carboxylic acids is 5. The predicted octanol–water partition coefficient (Wildman–Crippen LogP) is -3.55. The second kappa shape index (κ2) is 15.4. The van der Waals surface area contributed by atoms with Crippen LogP contribution < -0.4 is 21.5 Å². The molecule has 6 heterocycles. The highest BCUT2D eigenvalue weighted by atomic mass is 32.3. The Bertz CT molecular complexity index is 1590. The summed E-state index contributed by atoms with van der Waals surface area (Å²) < 4.78 is 34.8. The maximum atomic E-state index is 12.3. The van der Waals surface area contributed by atoms with E-state index in [1.165, 1.54) is 21.6 Å². The molecule has 0 radical (unpaired) electrons. The number of rotatable bonds is 9. The van der Waals surface area contributed by atoms with Crippen molar-refractivity contribution < 1.29 is 56.2 Å². The predicted molar refractivity (Wildman–Crippen MR) is 177 cm³/mol. The number of aliphatic carboxylic acids is 1. The van der Waals surface area contributed by atoms with E-state index in [-0.39, 0.29) is 72.2 Å². The van der Waals surface area contributed by atoms with E-state index in [0.29, 0.717) is 30.8 Å². The van der Waals surface area contributed by atoms with Gasteiger partial charge in [-0.05, 0) is 26.3 Å². The van der Waals surface area contributed by atoms with Crippen LogP contribution in [0.2, 0.25) is 0 Å². The highest BCUT2D eigenvalue weighted by molar-refractivity contribution is 8.03. The standard InChI is InChI=1S/C17H25N3O5S.C12H19N5O7S/c1-7-12-11(8(2)21)16(23)20(12)13(17(24)25)14(7)26-9-5-10(18-6-9)15(22)19(3)4;18-9-3-8-5-16(6-17(8)24-25(21,22)23)10(9)12(20)15-14-11(19)7-1-2-13-4-7/h7-12,18,21H,5-6H2,1-4H3,(H,24,25);7-8,10,13H,1-6H2,(H,14,19)(H,15,20)(H,21,22,23)/t7-,8-,9+,10+,11-,12-;7-,8?,10?/m11/s1. The summed E-state index contributed by atoms with van der Waals surface area (Å²) in [7, 11) is -1.29. The van der Waals surface area contributed by atoms with Crippen LogP contribution in [0.15, 0.2) is 10.6 Å². The van der Waals surface area contributed by atoms with Gasteiger partial charge < -0.3 is 30.6 Å².